The van der Waals surface area contributed by atoms with Gasteiger partial charge in [0.1, 0.15) is 0 Å². The highest BCUT2D eigenvalue weighted by molar-refractivity contribution is 6.68. The first-order valence-electron chi connectivity index (χ1n) is 7.04. The SMILES string of the molecule is [N-]=[N+]=C1N=C(c2ccc([N+](=O)[O-])cc2)N=C1C(=O)N1CCCC1. The molecule has 2 aliphatic heterocycles. The lowest BCUT2D eigenvalue weighted by molar-refractivity contribution is -0.384. The van der Waals surface area contributed by atoms with Gasteiger partial charge in [-0.1, -0.05) is 0 Å². The Morgan fingerprint density at radius 2 is 1.87 bits per heavy atom. The molecule has 0 radical (unpaired) electrons. The molecule has 3 rings (SSSR count). The molecule has 1 fully saturated rings. The van der Waals surface area contributed by atoms with Crippen molar-refractivity contribution in [3.8, 4) is 0 Å². The minimum atomic E-state index is -0.507. The van der Waals surface area contributed by atoms with Gasteiger partial charge in [0, 0.05) is 30.8 Å². The summed E-state index contributed by atoms with van der Waals surface area (Å²) in [7, 11) is 0. The van der Waals surface area contributed by atoms with Crippen LogP contribution in [0.2, 0.25) is 0 Å². The number of benzene rings is 1. The van der Waals surface area contributed by atoms with E-state index < -0.39 is 4.92 Å². The average Bonchev–Trinajstić information content (AvgIpc) is 3.23. The van der Waals surface area contributed by atoms with Crippen LogP contribution in [0.5, 0.6) is 0 Å². The highest BCUT2D eigenvalue weighted by atomic mass is 16.6. The largest absolute Gasteiger partial charge is 0.497 e. The number of carbonyl (C=O) groups is 1. The van der Waals surface area contributed by atoms with Crippen LogP contribution in [0.3, 0.4) is 0 Å². The first-order chi connectivity index (χ1) is 11.1. The standard InChI is InChI=1S/C14H12N6O3/c15-18-13-11(14(21)19-7-1-2-8-19)16-12(17-13)9-3-5-10(6-4-9)20(22)23/h3-6H,1-2,7-8H2. The van der Waals surface area contributed by atoms with Gasteiger partial charge >= 0.3 is 5.84 Å². The molecule has 1 saturated heterocycles. The number of aliphatic imine (C=N–C) groups is 2. The third-order valence-corrected chi connectivity index (χ3v) is 3.67. The summed E-state index contributed by atoms with van der Waals surface area (Å²) in [4.78, 5) is 35.4. The third kappa shape index (κ3) is 2.77. The van der Waals surface area contributed by atoms with E-state index in [1.807, 2.05) is 0 Å². The minimum absolute atomic E-state index is 0.0113. The van der Waals surface area contributed by atoms with Crippen molar-refractivity contribution < 1.29 is 14.5 Å². The van der Waals surface area contributed by atoms with Crippen LogP contribution in [0.25, 0.3) is 5.53 Å². The summed E-state index contributed by atoms with van der Waals surface area (Å²) >= 11 is 0. The summed E-state index contributed by atoms with van der Waals surface area (Å²) in [6.07, 6.45) is 1.86. The Labute approximate surface area is 130 Å². The smallest absolute Gasteiger partial charge is 0.435 e. The molecular formula is C14H12N6O3. The molecule has 1 aromatic carbocycles. The highest BCUT2D eigenvalue weighted by Gasteiger charge is 2.37. The van der Waals surface area contributed by atoms with E-state index in [1.165, 1.54) is 24.3 Å². The van der Waals surface area contributed by atoms with E-state index >= 15 is 0 Å². The number of hydrogen-bond acceptors (Lipinski definition) is 4. The Hall–Kier alpha value is -3.19. The molecule has 0 atom stereocenters. The Kier molecular flexibility index (Phi) is 3.78. The van der Waals surface area contributed by atoms with Gasteiger partial charge in [0.25, 0.3) is 17.4 Å². The van der Waals surface area contributed by atoms with Crippen LogP contribution in [0.1, 0.15) is 18.4 Å². The van der Waals surface area contributed by atoms with Crippen LogP contribution in [0, 0.1) is 10.1 Å². The number of hydrogen-bond donors (Lipinski definition) is 0. The van der Waals surface area contributed by atoms with Crippen LogP contribution >= 0.6 is 0 Å². The van der Waals surface area contributed by atoms with Gasteiger partial charge in [-0.15, -0.1) is 0 Å². The molecule has 9 heteroatoms. The Morgan fingerprint density at radius 1 is 1.22 bits per heavy atom. The molecule has 0 N–H and O–H groups in total. The van der Waals surface area contributed by atoms with Crippen molar-refractivity contribution in [2.24, 2.45) is 9.98 Å². The lowest BCUT2D eigenvalue weighted by Crippen LogP contribution is -2.37. The van der Waals surface area contributed by atoms with Gasteiger partial charge in [-0.3, -0.25) is 14.9 Å². The molecule has 0 bridgehead atoms. The number of nitro benzene ring substituents is 1. The molecule has 0 saturated carbocycles. The minimum Gasteiger partial charge on any atom is -0.497 e. The first-order valence-corrected chi connectivity index (χ1v) is 7.04. The molecule has 0 spiro atoms. The van der Waals surface area contributed by atoms with Gasteiger partial charge in [0.2, 0.25) is 5.71 Å². The fourth-order valence-electron chi connectivity index (χ4n) is 2.48. The Balaban J connectivity index is 1.89. The Bertz CT molecular complexity index is 783. The summed E-state index contributed by atoms with van der Waals surface area (Å²) in [5, 5.41) is 10.7. The number of nitro groups is 1. The summed E-state index contributed by atoms with van der Waals surface area (Å²) in [5.41, 5.74) is 9.48. The maximum absolute atomic E-state index is 12.4. The molecular weight excluding hydrogens is 300 g/mol. The van der Waals surface area contributed by atoms with E-state index in [2.05, 4.69) is 14.8 Å². The van der Waals surface area contributed by atoms with Crippen molar-refractivity contribution in [1.82, 2.24) is 4.90 Å². The van der Waals surface area contributed by atoms with E-state index in [1.54, 1.807) is 4.90 Å². The number of likely N-dealkylation sites (tertiary alicyclic amines) is 1. The van der Waals surface area contributed by atoms with Gasteiger partial charge < -0.3 is 15.2 Å². The second-order valence-corrected chi connectivity index (χ2v) is 5.12. The van der Waals surface area contributed by atoms with Gasteiger partial charge in [0.15, 0.2) is 0 Å². The second-order valence-electron chi connectivity index (χ2n) is 5.12. The van der Waals surface area contributed by atoms with Gasteiger partial charge in [-0.25, -0.2) is 0 Å². The van der Waals surface area contributed by atoms with E-state index in [0.717, 1.165) is 12.8 Å². The van der Waals surface area contributed by atoms with Crippen molar-refractivity contribution in [1.29, 1.82) is 0 Å². The number of non-ortho nitro benzene ring substituents is 1. The molecule has 0 unspecified atom stereocenters. The summed E-state index contributed by atoms with van der Waals surface area (Å²) in [5.74, 6) is -0.276. The van der Waals surface area contributed by atoms with Gasteiger partial charge in [0.05, 0.1) is 4.92 Å². The predicted octanol–water partition coefficient (Wildman–Crippen LogP) is 1.05. The molecule has 0 aliphatic carbocycles. The van der Waals surface area contributed by atoms with Gasteiger partial charge in [-0.05, 0) is 30.0 Å². The maximum Gasteiger partial charge on any atom is 0.435 e. The summed E-state index contributed by atoms with van der Waals surface area (Å²) < 4.78 is 0. The zero-order valence-electron chi connectivity index (χ0n) is 12.0. The molecule has 2 aliphatic rings. The molecule has 9 nitrogen and oxygen atoms in total. The van der Waals surface area contributed by atoms with Crippen molar-refractivity contribution in [3.05, 3.63) is 45.5 Å². The molecule has 0 aromatic heterocycles. The number of carbonyl (C=O) groups excluding carboxylic acids is 1. The van der Waals surface area contributed by atoms with Crippen LogP contribution in [-0.4, -0.2) is 51.0 Å². The van der Waals surface area contributed by atoms with E-state index in [0.29, 0.717) is 18.7 Å². The number of amides is 1. The number of rotatable bonds is 3. The predicted molar refractivity (Wildman–Crippen MR) is 81.5 cm³/mol. The molecule has 1 amide bonds. The van der Waals surface area contributed by atoms with Crippen molar-refractivity contribution in [2.45, 2.75) is 12.8 Å². The van der Waals surface area contributed by atoms with E-state index in [-0.39, 0.29) is 29.0 Å². The van der Waals surface area contributed by atoms with Crippen molar-refractivity contribution >= 4 is 29.0 Å². The maximum atomic E-state index is 12.4. The summed E-state index contributed by atoms with van der Waals surface area (Å²) in [6.45, 7) is 1.28. The lowest BCUT2D eigenvalue weighted by Gasteiger charge is -2.12. The quantitative estimate of drug-likeness (QED) is 0.358. The van der Waals surface area contributed by atoms with Crippen molar-refractivity contribution in [2.75, 3.05) is 13.1 Å². The van der Waals surface area contributed by atoms with E-state index in [9.17, 15) is 14.9 Å². The van der Waals surface area contributed by atoms with Crippen molar-refractivity contribution in [3.63, 3.8) is 0 Å². The normalized spacial score (nSPS) is 16.9. The zero-order valence-corrected chi connectivity index (χ0v) is 12.0. The highest BCUT2D eigenvalue weighted by Crippen LogP contribution is 2.16. The lowest BCUT2D eigenvalue weighted by atomic mass is 10.2. The van der Waals surface area contributed by atoms with Crippen LogP contribution in [0.15, 0.2) is 34.3 Å². The first kappa shape index (κ1) is 14.7. The number of nitrogens with zero attached hydrogens (tertiary/aromatic N) is 6. The average molecular weight is 312 g/mol. The molecule has 23 heavy (non-hydrogen) atoms. The van der Waals surface area contributed by atoms with Crippen LogP contribution < -0.4 is 0 Å². The second kappa shape index (κ2) is 5.90. The zero-order chi connectivity index (χ0) is 16.4. The monoisotopic (exact) mass is 312 g/mol. The van der Waals surface area contributed by atoms with Crippen LogP contribution in [0.4, 0.5) is 5.69 Å². The molecule has 1 aromatic rings. The molecule has 116 valence electrons. The van der Waals surface area contributed by atoms with Gasteiger partial charge in [-0.2, -0.15) is 4.99 Å². The Morgan fingerprint density at radius 3 is 2.43 bits per heavy atom. The fourth-order valence-corrected chi connectivity index (χ4v) is 2.48. The molecule has 2 heterocycles. The fraction of sp³-hybridized carbons (Fsp3) is 0.286. The van der Waals surface area contributed by atoms with Crippen LogP contribution in [-0.2, 0) is 4.79 Å². The van der Waals surface area contributed by atoms with E-state index in [4.69, 9.17) is 5.53 Å². The third-order valence-electron chi connectivity index (χ3n) is 3.67. The topological polar surface area (TPSA) is 125 Å². The summed E-state index contributed by atoms with van der Waals surface area (Å²) in [6, 6.07) is 5.62. The number of amidine groups is 2.